The van der Waals surface area contributed by atoms with E-state index in [0.29, 0.717) is 24.8 Å². The van der Waals surface area contributed by atoms with E-state index < -0.39 is 17.7 Å². The highest BCUT2D eigenvalue weighted by molar-refractivity contribution is 5.93. The second-order valence-corrected chi connectivity index (χ2v) is 7.59. The summed E-state index contributed by atoms with van der Waals surface area (Å²) in [6.45, 7) is 7.82. The number of fused-ring (bicyclic) bond motifs is 1. The maximum Gasteiger partial charge on any atom is 0.407 e. The lowest BCUT2D eigenvalue weighted by molar-refractivity contribution is 0.0515. The molecule has 0 aliphatic rings. The first-order valence-corrected chi connectivity index (χ1v) is 9.38. The van der Waals surface area contributed by atoms with Crippen molar-refractivity contribution in [3.05, 3.63) is 45.7 Å². The van der Waals surface area contributed by atoms with Gasteiger partial charge in [0.15, 0.2) is 0 Å². The zero-order chi connectivity index (χ0) is 20.9. The van der Waals surface area contributed by atoms with Gasteiger partial charge in [-0.3, -0.25) is 4.79 Å². The molecule has 0 unspecified atom stereocenters. The smallest absolute Gasteiger partial charge is 0.407 e. The van der Waals surface area contributed by atoms with Crippen LogP contribution < -0.4 is 10.7 Å². The van der Waals surface area contributed by atoms with Crippen LogP contribution >= 0.6 is 0 Å². The fraction of sp³-hybridized carbons (Fsp3) is 0.476. The van der Waals surface area contributed by atoms with Crippen molar-refractivity contribution < 1.29 is 19.1 Å². The van der Waals surface area contributed by atoms with Gasteiger partial charge < -0.3 is 19.4 Å². The highest BCUT2D eigenvalue weighted by Crippen LogP contribution is 2.15. The molecule has 0 saturated carbocycles. The lowest BCUT2D eigenvalue weighted by atomic mass is 10.0. The number of esters is 1. The summed E-state index contributed by atoms with van der Waals surface area (Å²) < 4.78 is 11.9. The molecule has 1 aromatic heterocycles. The molecule has 1 heterocycles. The highest BCUT2D eigenvalue weighted by Gasteiger charge is 2.17. The quantitative estimate of drug-likeness (QED) is 0.607. The highest BCUT2D eigenvalue weighted by atomic mass is 16.6. The van der Waals surface area contributed by atoms with Gasteiger partial charge in [0, 0.05) is 25.2 Å². The van der Waals surface area contributed by atoms with Crippen LogP contribution in [0.4, 0.5) is 4.79 Å². The van der Waals surface area contributed by atoms with Crippen LogP contribution in [0.2, 0.25) is 0 Å². The molecule has 0 spiro atoms. The number of nitrogens with zero attached hydrogens (tertiary/aromatic N) is 1. The predicted octanol–water partition coefficient (Wildman–Crippen LogP) is 3.17. The van der Waals surface area contributed by atoms with Crippen molar-refractivity contribution in [3.8, 4) is 0 Å². The summed E-state index contributed by atoms with van der Waals surface area (Å²) in [6, 6.07) is 5.61. The molecule has 7 heteroatoms. The van der Waals surface area contributed by atoms with E-state index >= 15 is 0 Å². The summed E-state index contributed by atoms with van der Waals surface area (Å²) in [6.07, 6.45) is 2.44. The third-order valence-corrected chi connectivity index (χ3v) is 4.06. The molecular formula is C21H28N2O5. The van der Waals surface area contributed by atoms with Gasteiger partial charge in [-0.2, -0.15) is 0 Å². The number of aryl methyl sites for hydroxylation is 2. The van der Waals surface area contributed by atoms with Gasteiger partial charge in [-0.05, 0) is 58.2 Å². The lowest BCUT2D eigenvalue weighted by Gasteiger charge is -2.19. The Labute approximate surface area is 164 Å². The van der Waals surface area contributed by atoms with E-state index in [1.807, 2.05) is 32.9 Å². The topological polar surface area (TPSA) is 86.6 Å². The van der Waals surface area contributed by atoms with Crippen molar-refractivity contribution in [2.45, 2.75) is 46.1 Å². The number of ether oxygens (including phenoxy) is 2. The number of carbonyl (C=O) groups is 2. The molecule has 0 saturated heterocycles. The van der Waals surface area contributed by atoms with E-state index in [4.69, 9.17) is 9.47 Å². The average Bonchev–Trinajstić information content (AvgIpc) is 2.60. The average molecular weight is 388 g/mol. The number of pyridine rings is 1. The fourth-order valence-electron chi connectivity index (χ4n) is 2.85. The molecule has 28 heavy (non-hydrogen) atoms. The molecule has 2 aromatic rings. The fourth-order valence-corrected chi connectivity index (χ4v) is 2.85. The number of amides is 1. The molecular weight excluding hydrogens is 360 g/mol. The van der Waals surface area contributed by atoms with E-state index in [0.717, 1.165) is 11.1 Å². The number of alkyl carbamates (subject to hydrolysis) is 1. The van der Waals surface area contributed by atoms with Crippen LogP contribution in [-0.2, 0) is 22.9 Å². The summed E-state index contributed by atoms with van der Waals surface area (Å²) >= 11 is 0. The number of nitrogens with one attached hydrogen (secondary N) is 1. The van der Waals surface area contributed by atoms with Crippen molar-refractivity contribution in [1.29, 1.82) is 0 Å². The standard InChI is InChI=1S/C21H28N2O5/c1-6-27-19(25)16-13-23(5)17-10-9-14(12-15(17)18(16)24)8-7-11-22-20(26)28-21(2,3)4/h9-10,12-13H,6-8,11H2,1-5H3,(H,22,26). The Morgan fingerprint density at radius 3 is 2.57 bits per heavy atom. The van der Waals surface area contributed by atoms with Crippen molar-refractivity contribution in [2.24, 2.45) is 7.05 Å². The molecule has 152 valence electrons. The van der Waals surface area contributed by atoms with Crippen molar-refractivity contribution >= 4 is 23.0 Å². The summed E-state index contributed by atoms with van der Waals surface area (Å²) in [5.41, 5.74) is 0.866. The first kappa shape index (κ1) is 21.5. The van der Waals surface area contributed by atoms with Crippen LogP contribution in [0.3, 0.4) is 0 Å². The zero-order valence-electron chi connectivity index (χ0n) is 17.1. The van der Waals surface area contributed by atoms with Gasteiger partial charge in [0.05, 0.1) is 12.1 Å². The van der Waals surface area contributed by atoms with E-state index in [-0.39, 0.29) is 17.6 Å². The number of hydrogen-bond acceptors (Lipinski definition) is 5. The summed E-state index contributed by atoms with van der Waals surface area (Å²) in [5, 5.41) is 3.19. The normalized spacial score (nSPS) is 11.3. The molecule has 1 amide bonds. The van der Waals surface area contributed by atoms with Crippen LogP contribution in [0.15, 0.2) is 29.2 Å². The van der Waals surface area contributed by atoms with Gasteiger partial charge in [-0.15, -0.1) is 0 Å². The largest absolute Gasteiger partial charge is 0.462 e. The molecule has 0 fully saturated rings. The zero-order valence-corrected chi connectivity index (χ0v) is 17.1. The summed E-state index contributed by atoms with van der Waals surface area (Å²) in [4.78, 5) is 36.4. The van der Waals surface area contributed by atoms with Crippen molar-refractivity contribution in [3.63, 3.8) is 0 Å². The van der Waals surface area contributed by atoms with Crippen LogP contribution in [0.25, 0.3) is 10.9 Å². The monoisotopic (exact) mass is 388 g/mol. The molecule has 2 rings (SSSR count). The molecule has 0 aliphatic heterocycles. The molecule has 1 N–H and O–H groups in total. The number of carbonyl (C=O) groups excluding carboxylic acids is 2. The number of aromatic nitrogens is 1. The van der Waals surface area contributed by atoms with Gasteiger partial charge in [-0.1, -0.05) is 6.07 Å². The van der Waals surface area contributed by atoms with E-state index in [1.165, 1.54) is 6.20 Å². The number of rotatable bonds is 6. The minimum atomic E-state index is -0.614. The van der Waals surface area contributed by atoms with Gasteiger partial charge in [0.25, 0.3) is 0 Å². The van der Waals surface area contributed by atoms with Crippen LogP contribution in [-0.4, -0.2) is 35.4 Å². The Kier molecular flexibility index (Phi) is 6.83. The summed E-state index contributed by atoms with van der Waals surface area (Å²) in [5.74, 6) is -0.614. The SMILES string of the molecule is CCOC(=O)c1cn(C)c2ccc(CCCNC(=O)OC(C)(C)C)cc2c1=O. The van der Waals surface area contributed by atoms with E-state index in [2.05, 4.69) is 5.32 Å². The molecule has 0 aliphatic carbocycles. The molecule has 1 aromatic carbocycles. The second kappa shape index (κ2) is 8.91. The van der Waals surface area contributed by atoms with Gasteiger partial charge in [-0.25, -0.2) is 9.59 Å². The molecule has 7 nitrogen and oxygen atoms in total. The van der Waals surface area contributed by atoms with Crippen LogP contribution in [0, 0.1) is 0 Å². The molecule has 0 atom stereocenters. The third-order valence-electron chi connectivity index (χ3n) is 4.06. The van der Waals surface area contributed by atoms with Crippen LogP contribution in [0.1, 0.15) is 50.0 Å². The Balaban J connectivity index is 2.11. The van der Waals surface area contributed by atoms with Crippen molar-refractivity contribution in [1.82, 2.24) is 9.88 Å². The third kappa shape index (κ3) is 5.58. The maximum absolute atomic E-state index is 12.7. The van der Waals surface area contributed by atoms with Crippen LogP contribution in [0.5, 0.6) is 0 Å². The van der Waals surface area contributed by atoms with Gasteiger partial charge in [0.2, 0.25) is 5.43 Å². The number of benzene rings is 1. The Morgan fingerprint density at radius 2 is 1.93 bits per heavy atom. The first-order valence-electron chi connectivity index (χ1n) is 9.38. The molecule has 0 radical (unpaired) electrons. The van der Waals surface area contributed by atoms with E-state index in [1.54, 1.807) is 24.6 Å². The second-order valence-electron chi connectivity index (χ2n) is 7.59. The Bertz CT molecular complexity index is 925. The number of hydrogen-bond donors (Lipinski definition) is 1. The summed E-state index contributed by atoms with van der Waals surface area (Å²) in [7, 11) is 1.79. The van der Waals surface area contributed by atoms with Crippen molar-refractivity contribution in [2.75, 3.05) is 13.2 Å². The minimum absolute atomic E-state index is 0.0283. The Morgan fingerprint density at radius 1 is 1.21 bits per heavy atom. The molecule has 0 bridgehead atoms. The minimum Gasteiger partial charge on any atom is -0.462 e. The Hall–Kier alpha value is -2.83. The van der Waals surface area contributed by atoms with E-state index in [9.17, 15) is 14.4 Å². The first-order chi connectivity index (χ1) is 13.1. The maximum atomic E-state index is 12.7. The lowest BCUT2D eigenvalue weighted by Crippen LogP contribution is -2.33. The van der Waals surface area contributed by atoms with Gasteiger partial charge >= 0.3 is 12.1 Å². The predicted molar refractivity (Wildman–Crippen MR) is 108 cm³/mol. The van der Waals surface area contributed by atoms with Gasteiger partial charge in [0.1, 0.15) is 11.2 Å².